The van der Waals surface area contributed by atoms with E-state index in [0.717, 1.165) is 10.8 Å². The van der Waals surface area contributed by atoms with Crippen molar-refractivity contribution in [3.63, 3.8) is 0 Å². The number of pyridine rings is 1. The van der Waals surface area contributed by atoms with Gasteiger partial charge in [0.15, 0.2) is 0 Å². The van der Waals surface area contributed by atoms with Crippen LogP contribution in [0.5, 0.6) is 0 Å². The maximum absolute atomic E-state index is 16.7. The summed E-state index contributed by atoms with van der Waals surface area (Å²) in [4.78, 5) is 41.7. The van der Waals surface area contributed by atoms with E-state index in [1.165, 1.54) is 13.0 Å². The average molecular weight is 776 g/mol. The number of alkyl halides is 5. The normalized spacial score (nSPS) is 18.4. The zero-order valence-corrected chi connectivity index (χ0v) is 31.2. The number of aryl methyl sites for hydroxylation is 2. The summed E-state index contributed by atoms with van der Waals surface area (Å²) in [5, 5.41) is 12.3. The van der Waals surface area contributed by atoms with Gasteiger partial charge in [0.05, 0.1) is 23.6 Å². The van der Waals surface area contributed by atoms with Crippen molar-refractivity contribution in [2.45, 2.75) is 96.8 Å². The number of hydrogen-bond acceptors (Lipinski definition) is 4. The number of hydrogen-bond donors (Lipinski definition) is 2. The van der Waals surface area contributed by atoms with Crippen LogP contribution in [0.1, 0.15) is 104 Å². The van der Waals surface area contributed by atoms with E-state index in [4.69, 9.17) is 0 Å². The van der Waals surface area contributed by atoms with E-state index in [-0.39, 0.29) is 67.9 Å². The van der Waals surface area contributed by atoms with Gasteiger partial charge in [0.1, 0.15) is 17.7 Å². The van der Waals surface area contributed by atoms with Gasteiger partial charge < -0.3 is 19.9 Å². The molecule has 1 unspecified atom stereocenters. The Hall–Kier alpha value is -4.64. The number of carbonyl (C=O) groups is 2. The Kier molecular flexibility index (Phi) is 12.2. The summed E-state index contributed by atoms with van der Waals surface area (Å²) in [5.74, 6) is -4.32. The molecule has 2 N–H and O–H groups in total. The second kappa shape index (κ2) is 16.2. The quantitative estimate of drug-likeness (QED) is 0.142. The molecule has 0 spiro atoms. The van der Waals surface area contributed by atoms with E-state index in [9.17, 15) is 41.4 Å². The van der Waals surface area contributed by atoms with Gasteiger partial charge >= 0.3 is 12.1 Å². The van der Waals surface area contributed by atoms with Crippen molar-refractivity contribution in [1.82, 2.24) is 14.8 Å². The molecular formula is C41H44F7N3O4. The highest BCUT2D eigenvalue weighted by Crippen LogP contribution is 2.49. The number of halogens is 7. The van der Waals surface area contributed by atoms with E-state index in [2.05, 4.69) is 17.2 Å². The smallest absolute Gasteiger partial charge is 0.416 e. The molecule has 14 heteroatoms. The summed E-state index contributed by atoms with van der Waals surface area (Å²) in [7, 11) is 0. The third-order valence-electron chi connectivity index (χ3n) is 10.5. The fraction of sp³-hybridized carbons (Fsp3) is 0.488. The minimum absolute atomic E-state index is 0.0754. The Morgan fingerprint density at radius 2 is 1.67 bits per heavy atom. The van der Waals surface area contributed by atoms with Crippen molar-refractivity contribution in [1.29, 1.82) is 0 Å². The molecule has 55 heavy (non-hydrogen) atoms. The van der Waals surface area contributed by atoms with Crippen molar-refractivity contribution in [3.8, 4) is 23.0 Å². The van der Waals surface area contributed by atoms with Gasteiger partial charge in [-0.25, -0.2) is 17.6 Å². The topological polar surface area (TPSA) is 91.6 Å². The van der Waals surface area contributed by atoms with Crippen molar-refractivity contribution in [2.24, 2.45) is 11.8 Å². The Balaban J connectivity index is 1.56. The molecule has 1 saturated carbocycles. The molecule has 0 radical (unpaired) electrons. The fourth-order valence-electron chi connectivity index (χ4n) is 7.66. The Morgan fingerprint density at radius 1 is 1.05 bits per heavy atom. The van der Waals surface area contributed by atoms with Crippen molar-refractivity contribution in [3.05, 3.63) is 91.9 Å². The van der Waals surface area contributed by atoms with E-state index < -0.39 is 82.6 Å². The van der Waals surface area contributed by atoms with Gasteiger partial charge in [-0.15, -0.1) is 5.92 Å². The molecule has 0 bridgehead atoms. The van der Waals surface area contributed by atoms with Gasteiger partial charge in [-0.05, 0) is 93.3 Å². The molecule has 3 atom stereocenters. The Bertz CT molecular complexity index is 2050. The number of nitrogens with zero attached hydrogens (tertiary/aromatic N) is 2. The van der Waals surface area contributed by atoms with Crippen LogP contribution in [0.2, 0.25) is 0 Å². The first-order valence-electron chi connectivity index (χ1n) is 18.2. The second-order valence-electron chi connectivity index (χ2n) is 15.1. The molecule has 3 aromatic rings. The lowest BCUT2D eigenvalue weighted by molar-refractivity contribution is -0.139. The number of carboxylic acids is 1. The van der Waals surface area contributed by atoms with Crippen LogP contribution in [0.3, 0.4) is 0 Å². The van der Waals surface area contributed by atoms with E-state index in [0.29, 0.717) is 22.8 Å². The highest BCUT2D eigenvalue weighted by molar-refractivity contribution is 5.82. The highest BCUT2D eigenvalue weighted by Gasteiger charge is 2.57. The summed E-state index contributed by atoms with van der Waals surface area (Å²) in [6, 6.07) is 3.50. The maximum Gasteiger partial charge on any atom is 0.416 e. The van der Waals surface area contributed by atoms with Gasteiger partial charge in [-0.3, -0.25) is 14.4 Å². The molecule has 2 fully saturated rings. The Labute approximate surface area is 314 Å². The zero-order valence-electron chi connectivity index (χ0n) is 31.2. The predicted molar refractivity (Wildman–Crippen MR) is 193 cm³/mol. The molecule has 1 amide bonds. The van der Waals surface area contributed by atoms with Crippen LogP contribution in [0.4, 0.5) is 30.7 Å². The first-order valence-corrected chi connectivity index (χ1v) is 18.2. The molecule has 1 aromatic heterocycles. The lowest BCUT2D eigenvalue weighted by Crippen LogP contribution is -2.41. The lowest BCUT2D eigenvalue weighted by atomic mass is 9.87. The average Bonchev–Trinajstić information content (AvgIpc) is 3.69. The number of benzene rings is 2. The summed E-state index contributed by atoms with van der Waals surface area (Å²) < 4.78 is 104. The molecule has 1 aliphatic heterocycles. The fourth-order valence-corrected chi connectivity index (χ4v) is 7.66. The summed E-state index contributed by atoms with van der Waals surface area (Å²) in [6.45, 7) is 8.91. The molecule has 7 nitrogen and oxygen atoms in total. The number of likely N-dealkylation sites (tertiary alicyclic amines) is 1. The second-order valence-corrected chi connectivity index (χ2v) is 15.1. The largest absolute Gasteiger partial charge is 0.481 e. The van der Waals surface area contributed by atoms with Gasteiger partial charge in [0.2, 0.25) is 5.91 Å². The SMILES string of the molecule is CC#Cc1cc(-c2c(C)cccc2C)c(F)c([C@H](CC(=O)O)NC(=O)[C@@H](CC(C)C)n2cc(C3CCN(CC4CC4(F)F)CC3)c(C(F)(F)F)cc2=O)c1F. The number of carbonyl (C=O) groups excluding carboxylic acids is 1. The van der Waals surface area contributed by atoms with Crippen LogP contribution in [-0.4, -0.2) is 52.0 Å². The van der Waals surface area contributed by atoms with E-state index >= 15 is 8.78 Å². The van der Waals surface area contributed by atoms with Crippen molar-refractivity contribution >= 4 is 11.9 Å². The summed E-state index contributed by atoms with van der Waals surface area (Å²) in [5.41, 5.74) is -1.99. The van der Waals surface area contributed by atoms with Gasteiger partial charge in [0, 0.05) is 42.3 Å². The first kappa shape index (κ1) is 41.5. The van der Waals surface area contributed by atoms with Crippen molar-refractivity contribution in [2.75, 3.05) is 19.6 Å². The van der Waals surface area contributed by atoms with Gasteiger partial charge in [-0.1, -0.05) is 38.0 Å². The van der Waals surface area contributed by atoms with Crippen LogP contribution in [-0.2, 0) is 15.8 Å². The molecule has 2 aliphatic rings. The minimum Gasteiger partial charge on any atom is -0.481 e. The highest BCUT2D eigenvalue weighted by atomic mass is 19.4. The molecular weight excluding hydrogens is 731 g/mol. The van der Waals surface area contributed by atoms with Gasteiger partial charge in [-0.2, -0.15) is 13.2 Å². The summed E-state index contributed by atoms with van der Waals surface area (Å²) >= 11 is 0. The van der Waals surface area contributed by atoms with Crippen molar-refractivity contribution < 1.29 is 45.4 Å². The monoisotopic (exact) mass is 775 g/mol. The minimum atomic E-state index is -4.93. The number of aliphatic carboxylic acids is 1. The number of carboxylic acid groups (broad SMARTS) is 1. The molecule has 296 valence electrons. The number of amides is 1. The lowest BCUT2D eigenvalue weighted by Gasteiger charge is -2.34. The number of nitrogens with one attached hydrogen (secondary N) is 1. The number of rotatable bonds is 12. The van der Waals surface area contributed by atoms with Crippen LogP contribution in [0, 0.1) is 49.2 Å². The van der Waals surface area contributed by atoms with E-state index in [1.54, 1.807) is 50.8 Å². The van der Waals surface area contributed by atoms with Crippen LogP contribution in [0.25, 0.3) is 11.1 Å². The predicted octanol–water partition coefficient (Wildman–Crippen LogP) is 8.55. The van der Waals surface area contributed by atoms with E-state index in [1.807, 2.05) is 0 Å². The molecule has 1 aliphatic carbocycles. The number of aromatic nitrogens is 1. The van der Waals surface area contributed by atoms with Gasteiger partial charge in [0.25, 0.3) is 11.5 Å². The standard InChI is InChI=1S/C41H44F7N3O4/c1-6-8-26-16-28(35-23(4)9-7-10-24(35)5)38(43)36(37(26)42)31(18-34(53)54)49-39(55)32(15-22(2)3)51-21-29(30(17-33(51)52)41(46,47)48)25-11-13-50(14-12-25)20-27-19-40(27,44)45/h7,9-10,16-17,21-22,25,27,31-32H,11-15,18-20H2,1-5H3,(H,49,55)(H,53,54)/t27?,31-,32+/m0/s1. The first-order chi connectivity index (χ1) is 25.7. The maximum atomic E-state index is 16.7. The Morgan fingerprint density at radius 3 is 2.20 bits per heavy atom. The third-order valence-corrected chi connectivity index (χ3v) is 10.5. The molecule has 2 heterocycles. The van der Waals surface area contributed by atoms with Crippen LogP contribution < -0.4 is 10.9 Å². The molecule has 5 rings (SSSR count). The molecule has 2 aromatic carbocycles. The zero-order chi connectivity index (χ0) is 40.6. The number of piperidine rings is 1. The molecule has 1 saturated heterocycles. The van der Waals surface area contributed by atoms with Crippen LogP contribution >= 0.6 is 0 Å². The summed E-state index contributed by atoms with van der Waals surface area (Å²) in [6.07, 6.45) is -4.90. The van der Waals surface area contributed by atoms with Crippen LogP contribution in [0.15, 0.2) is 41.3 Å². The third kappa shape index (κ3) is 9.26.